The standard InChI is InChI=1S/C10H10N4OS/c1-7(15)8-2-4-9(5-3-8)16-6-10-11-13-14-12-10/h2-5H,6H2,1H3,(H,11,12,13,14). The van der Waals surface area contributed by atoms with Crippen LogP contribution in [0, 0.1) is 0 Å². The van der Waals surface area contributed by atoms with Gasteiger partial charge in [-0.1, -0.05) is 17.3 Å². The van der Waals surface area contributed by atoms with E-state index in [9.17, 15) is 4.79 Å². The molecule has 0 unspecified atom stereocenters. The van der Waals surface area contributed by atoms with E-state index >= 15 is 0 Å². The molecule has 6 heteroatoms. The van der Waals surface area contributed by atoms with E-state index in [0.29, 0.717) is 11.6 Å². The first-order valence-corrected chi connectivity index (χ1v) is 5.70. The summed E-state index contributed by atoms with van der Waals surface area (Å²) in [6, 6.07) is 7.48. The van der Waals surface area contributed by atoms with Crippen LogP contribution in [0.3, 0.4) is 0 Å². The van der Waals surface area contributed by atoms with E-state index in [-0.39, 0.29) is 5.78 Å². The lowest BCUT2D eigenvalue weighted by atomic mass is 10.2. The van der Waals surface area contributed by atoms with Crippen LogP contribution in [0.1, 0.15) is 23.1 Å². The minimum atomic E-state index is 0.0784. The third-order valence-electron chi connectivity index (χ3n) is 2.02. The van der Waals surface area contributed by atoms with Crippen LogP contribution < -0.4 is 0 Å². The molecule has 0 bridgehead atoms. The highest BCUT2D eigenvalue weighted by atomic mass is 32.2. The number of aromatic nitrogens is 4. The number of carbonyl (C=O) groups is 1. The van der Waals surface area contributed by atoms with Crippen LogP contribution in [0.5, 0.6) is 0 Å². The second-order valence-electron chi connectivity index (χ2n) is 3.20. The summed E-state index contributed by atoms with van der Waals surface area (Å²) in [6.07, 6.45) is 0. The molecule has 0 spiro atoms. The van der Waals surface area contributed by atoms with E-state index in [1.54, 1.807) is 18.7 Å². The topological polar surface area (TPSA) is 71.5 Å². The predicted octanol–water partition coefficient (Wildman–Crippen LogP) is 1.69. The largest absolute Gasteiger partial charge is 0.295 e. The van der Waals surface area contributed by atoms with Crippen LogP contribution >= 0.6 is 11.8 Å². The number of hydrogen-bond acceptors (Lipinski definition) is 5. The molecule has 16 heavy (non-hydrogen) atoms. The van der Waals surface area contributed by atoms with Crippen molar-refractivity contribution in [2.24, 2.45) is 0 Å². The van der Waals surface area contributed by atoms with Gasteiger partial charge in [0.15, 0.2) is 11.6 Å². The van der Waals surface area contributed by atoms with Crippen LogP contribution in [0.15, 0.2) is 29.2 Å². The van der Waals surface area contributed by atoms with Gasteiger partial charge in [0, 0.05) is 10.5 Å². The first-order valence-electron chi connectivity index (χ1n) is 4.72. The highest BCUT2D eigenvalue weighted by Gasteiger charge is 2.02. The molecule has 0 saturated heterocycles. The van der Waals surface area contributed by atoms with Crippen LogP contribution in [0.4, 0.5) is 0 Å². The van der Waals surface area contributed by atoms with Crippen molar-refractivity contribution in [2.75, 3.05) is 0 Å². The quantitative estimate of drug-likeness (QED) is 0.644. The van der Waals surface area contributed by atoms with Gasteiger partial charge < -0.3 is 0 Å². The average Bonchev–Trinajstić information content (AvgIpc) is 2.80. The van der Waals surface area contributed by atoms with Gasteiger partial charge in [-0.3, -0.25) is 4.79 Å². The van der Waals surface area contributed by atoms with Crippen molar-refractivity contribution in [3.63, 3.8) is 0 Å². The Morgan fingerprint density at radius 3 is 2.69 bits per heavy atom. The van der Waals surface area contributed by atoms with E-state index in [4.69, 9.17) is 0 Å². The zero-order valence-electron chi connectivity index (χ0n) is 8.67. The number of thioether (sulfide) groups is 1. The predicted molar refractivity (Wildman–Crippen MR) is 60.2 cm³/mol. The number of carbonyl (C=O) groups excluding carboxylic acids is 1. The van der Waals surface area contributed by atoms with Crippen molar-refractivity contribution in [3.8, 4) is 0 Å². The van der Waals surface area contributed by atoms with Crippen LogP contribution in [0.2, 0.25) is 0 Å². The molecular weight excluding hydrogens is 224 g/mol. The molecule has 0 aliphatic rings. The van der Waals surface area contributed by atoms with Gasteiger partial charge in [0.25, 0.3) is 0 Å². The lowest BCUT2D eigenvalue weighted by molar-refractivity contribution is 0.101. The van der Waals surface area contributed by atoms with Gasteiger partial charge in [0.05, 0.1) is 5.75 Å². The molecule has 1 aromatic carbocycles. The SMILES string of the molecule is CC(=O)c1ccc(SCc2nn[nH]n2)cc1. The number of hydrogen-bond donors (Lipinski definition) is 1. The minimum Gasteiger partial charge on any atom is -0.295 e. The molecule has 0 aliphatic heterocycles. The second-order valence-corrected chi connectivity index (χ2v) is 4.25. The summed E-state index contributed by atoms with van der Waals surface area (Å²) in [5.74, 6) is 1.41. The molecule has 1 N–H and O–H groups in total. The summed E-state index contributed by atoms with van der Waals surface area (Å²) in [7, 11) is 0. The molecule has 2 rings (SSSR count). The summed E-state index contributed by atoms with van der Waals surface area (Å²) in [6.45, 7) is 1.56. The summed E-state index contributed by atoms with van der Waals surface area (Å²) in [5, 5.41) is 13.6. The maximum absolute atomic E-state index is 11.1. The molecule has 1 aromatic heterocycles. The lowest BCUT2D eigenvalue weighted by Gasteiger charge is -1.99. The fourth-order valence-electron chi connectivity index (χ4n) is 1.18. The number of benzene rings is 1. The Hall–Kier alpha value is -1.69. The van der Waals surface area contributed by atoms with Crippen molar-refractivity contribution in [1.82, 2.24) is 20.6 Å². The number of H-pyrrole nitrogens is 1. The molecule has 2 aromatic rings. The Balaban J connectivity index is 1.98. The van der Waals surface area contributed by atoms with Gasteiger partial charge in [-0.25, -0.2) is 0 Å². The third kappa shape index (κ3) is 2.66. The summed E-state index contributed by atoms with van der Waals surface area (Å²) in [5.41, 5.74) is 0.726. The van der Waals surface area contributed by atoms with E-state index in [0.717, 1.165) is 10.5 Å². The summed E-state index contributed by atoms with van der Waals surface area (Å²) < 4.78 is 0. The maximum atomic E-state index is 11.1. The fourth-order valence-corrected chi connectivity index (χ4v) is 1.92. The first-order chi connectivity index (χ1) is 7.75. The molecule has 0 amide bonds. The minimum absolute atomic E-state index is 0.0784. The van der Waals surface area contributed by atoms with E-state index in [1.807, 2.05) is 24.3 Å². The first kappa shape index (κ1) is 10.8. The number of rotatable bonds is 4. The van der Waals surface area contributed by atoms with Gasteiger partial charge in [-0.15, -0.1) is 22.0 Å². The number of ketones is 1. The molecule has 0 atom stereocenters. The number of tetrazole rings is 1. The van der Waals surface area contributed by atoms with Gasteiger partial charge in [-0.2, -0.15) is 5.21 Å². The molecule has 0 radical (unpaired) electrons. The molecule has 0 saturated carbocycles. The summed E-state index contributed by atoms with van der Waals surface area (Å²) >= 11 is 1.60. The second kappa shape index (κ2) is 4.89. The molecule has 82 valence electrons. The number of Topliss-reactive ketones (excluding diaryl/α,β-unsaturated/α-hetero) is 1. The normalized spacial score (nSPS) is 10.3. The van der Waals surface area contributed by atoms with Crippen molar-refractivity contribution >= 4 is 17.5 Å². The molecule has 0 aliphatic carbocycles. The van der Waals surface area contributed by atoms with Gasteiger partial charge in [0.2, 0.25) is 0 Å². The number of nitrogens with zero attached hydrogens (tertiary/aromatic N) is 3. The average molecular weight is 234 g/mol. The van der Waals surface area contributed by atoms with Crippen molar-refractivity contribution in [3.05, 3.63) is 35.7 Å². The zero-order chi connectivity index (χ0) is 11.4. The fraction of sp³-hybridized carbons (Fsp3) is 0.200. The maximum Gasteiger partial charge on any atom is 0.184 e. The lowest BCUT2D eigenvalue weighted by Crippen LogP contribution is -1.90. The Morgan fingerprint density at radius 1 is 1.38 bits per heavy atom. The van der Waals surface area contributed by atoms with Gasteiger partial charge >= 0.3 is 0 Å². The molecule has 5 nitrogen and oxygen atoms in total. The Labute approximate surface area is 96.6 Å². The van der Waals surface area contributed by atoms with E-state index in [2.05, 4.69) is 20.6 Å². The monoisotopic (exact) mass is 234 g/mol. The van der Waals surface area contributed by atoms with E-state index in [1.165, 1.54) is 0 Å². The van der Waals surface area contributed by atoms with Crippen LogP contribution in [-0.2, 0) is 5.75 Å². The van der Waals surface area contributed by atoms with Gasteiger partial charge in [0.1, 0.15) is 0 Å². The Morgan fingerprint density at radius 2 is 2.12 bits per heavy atom. The molecular formula is C10H10N4OS. The number of nitrogens with one attached hydrogen (secondary N) is 1. The third-order valence-corrected chi connectivity index (χ3v) is 3.03. The Kier molecular flexibility index (Phi) is 3.31. The Bertz CT molecular complexity index is 466. The van der Waals surface area contributed by atoms with Gasteiger partial charge in [-0.05, 0) is 19.1 Å². The molecule has 0 fully saturated rings. The smallest absolute Gasteiger partial charge is 0.184 e. The van der Waals surface area contributed by atoms with Crippen LogP contribution in [-0.4, -0.2) is 26.4 Å². The zero-order valence-corrected chi connectivity index (χ0v) is 9.49. The van der Waals surface area contributed by atoms with Crippen LogP contribution in [0.25, 0.3) is 0 Å². The number of aromatic amines is 1. The summed E-state index contributed by atoms with van der Waals surface area (Å²) in [4.78, 5) is 12.1. The van der Waals surface area contributed by atoms with E-state index < -0.39 is 0 Å². The van der Waals surface area contributed by atoms with Crippen molar-refractivity contribution in [1.29, 1.82) is 0 Å². The molecule has 1 heterocycles. The highest BCUT2D eigenvalue weighted by Crippen LogP contribution is 2.21. The van der Waals surface area contributed by atoms with Crippen molar-refractivity contribution in [2.45, 2.75) is 17.6 Å². The highest BCUT2D eigenvalue weighted by molar-refractivity contribution is 7.98. The van der Waals surface area contributed by atoms with Crippen molar-refractivity contribution < 1.29 is 4.79 Å².